The molecule has 0 atom stereocenters. The minimum absolute atomic E-state index is 0.350. The maximum atomic E-state index is 12.6. The van der Waals surface area contributed by atoms with Crippen molar-refractivity contribution in [3.63, 3.8) is 0 Å². The second kappa shape index (κ2) is 9.64. The monoisotopic (exact) mass is 502 g/mol. The fourth-order valence-corrected chi connectivity index (χ4v) is 8.25. The first-order valence-corrected chi connectivity index (χ1v) is 14.4. The van der Waals surface area contributed by atoms with Crippen LogP contribution in [0.15, 0.2) is 93.5 Å². The van der Waals surface area contributed by atoms with Crippen LogP contribution in [0.1, 0.15) is 41.5 Å². The maximum Gasteiger partial charge on any atom is 0.274 e. The molecule has 0 saturated heterocycles. The summed E-state index contributed by atoms with van der Waals surface area (Å²) in [6.07, 6.45) is 1.09. The molecule has 0 saturated carbocycles. The number of benzene rings is 3. The quantitative estimate of drug-likeness (QED) is 0.341. The predicted molar refractivity (Wildman–Crippen MR) is 138 cm³/mol. The van der Waals surface area contributed by atoms with Crippen molar-refractivity contribution in [1.82, 2.24) is 0 Å². The Morgan fingerprint density at radius 3 is 1.24 bits per heavy atom. The summed E-state index contributed by atoms with van der Waals surface area (Å²) in [7, 11) is -6.44. The molecule has 184 valence electrons. The molecule has 0 spiro atoms. The fourth-order valence-electron chi connectivity index (χ4n) is 3.43. The summed E-state index contributed by atoms with van der Waals surface area (Å²) in [5.41, 5.74) is -0.700. The fraction of sp³-hybridized carbons (Fsp3) is 0.333. The third-order valence-corrected chi connectivity index (χ3v) is 9.07. The SMILES string of the molecule is CC(C)(C)Oc1ccc(S(OS(C)(=O)=O)(c2ccccc2)c2ccc(OC(C)(C)C)cc2)cc1. The summed E-state index contributed by atoms with van der Waals surface area (Å²) < 4.78 is 43.2. The van der Waals surface area contributed by atoms with Gasteiger partial charge in [0.25, 0.3) is 10.1 Å². The summed E-state index contributed by atoms with van der Waals surface area (Å²) in [6.45, 7) is 11.9. The molecular weight excluding hydrogens is 468 g/mol. The van der Waals surface area contributed by atoms with E-state index in [0.717, 1.165) is 20.9 Å². The average Bonchev–Trinajstić information content (AvgIpc) is 2.71. The van der Waals surface area contributed by atoms with E-state index in [0.29, 0.717) is 11.5 Å². The van der Waals surface area contributed by atoms with Crippen molar-refractivity contribution in [1.29, 1.82) is 0 Å². The molecule has 0 aliphatic carbocycles. The van der Waals surface area contributed by atoms with Gasteiger partial charge in [0.2, 0.25) is 0 Å². The first-order valence-electron chi connectivity index (χ1n) is 11.1. The molecule has 34 heavy (non-hydrogen) atoms. The molecule has 0 aliphatic rings. The molecule has 0 amide bonds. The van der Waals surface area contributed by atoms with Crippen LogP contribution in [0.2, 0.25) is 0 Å². The van der Waals surface area contributed by atoms with Crippen molar-refractivity contribution in [2.24, 2.45) is 0 Å². The summed E-state index contributed by atoms with van der Waals surface area (Å²) in [5, 5.41) is 0. The van der Waals surface area contributed by atoms with Gasteiger partial charge in [0.05, 0.1) is 6.26 Å². The first-order chi connectivity index (χ1) is 15.7. The molecular formula is C27H34O5S2. The van der Waals surface area contributed by atoms with Crippen LogP contribution < -0.4 is 9.47 Å². The van der Waals surface area contributed by atoms with Crippen LogP contribution in [-0.2, 0) is 13.7 Å². The minimum atomic E-state index is -3.83. The van der Waals surface area contributed by atoms with Crippen LogP contribution in [0.25, 0.3) is 0 Å². The Morgan fingerprint density at radius 1 is 0.559 bits per heavy atom. The number of hydrogen-bond donors (Lipinski definition) is 0. The number of rotatable bonds is 7. The molecule has 0 radical (unpaired) electrons. The Hall–Kier alpha value is -2.48. The largest absolute Gasteiger partial charge is 0.488 e. The summed E-state index contributed by atoms with van der Waals surface area (Å²) in [5.74, 6) is 1.40. The lowest BCUT2D eigenvalue weighted by molar-refractivity contribution is 0.130. The van der Waals surface area contributed by atoms with Gasteiger partial charge in [0.1, 0.15) is 22.7 Å². The van der Waals surface area contributed by atoms with E-state index in [4.69, 9.17) is 13.1 Å². The zero-order chi connectivity index (χ0) is 25.2. The Bertz CT molecular complexity index is 1130. The molecule has 7 heteroatoms. The highest BCUT2D eigenvalue weighted by Gasteiger charge is 2.36. The van der Waals surface area contributed by atoms with Crippen LogP contribution in [0.4, 0.5) is 0 Å². The lowest BCUT2D eigenvalue weighted by Crippen LogP contribution is -2.23. The van der Waals surface area contributed by atoms with Gasteiger partial charge in [-0.1, -0.05) is 18.2 Å². The van der Waals surface area contributed by atoms with E-state index in [1.165, 1.54) is 0 Å². The lowest BCUT2D eigenvalue weighted by atomic mass is 10.2. The van der Waals surface area contributed by atoms with Gasteiger partial charge in [-0.2, -0.15) is 8.42 Å². The van der Waals surface area contributed by atoms with E-state index in [-0.39, 0.29) is 11.2 Å². The third kappa shape index (κ3) is 6.78. The highest BCUT2D eigenvalue weighted by Crippen LogP contribution is 2.70. The predicted octanol–water partition coefficient (Wildman–Crippen LogP) is 7.21. The third-order valence-electron chi connectivity index (χ3n) is 4.46. The van der Waals surface area contributed by atoms with Crippen molar-refractivity contribution < 1.29 is 21.5 Å². The van der Waals surface area contributed by atoms with Crippen molar-refractivity contribution in [3.05, 3.63) is 78.9 Å². The van der Waals surface area contributed by atoms with Crippen molar-refractivity contribution in [2.45, 2.75) is 67.4 Å². The topological polar surface area (TPSA) is 61.8 Å². The van der Waals surface area contributed by atoms with Crippen LogP contribution in [0.5, 0.6) is 11.5 Å². The molecule has 3 aromatic carbocycles. The molecule has 0 unspecified atom stereocenters. The summed E-state index contributed by atoms with van der Waals surface area (Å²) >= 11 is 0. The summed E-state index contributed by atoms with van der Waals surface area (Å²) in [6, 6.07) is 24.4. The Balaban J connectivity index is 2.22. The van der Waals surface area contributed by atoms with E-state index < -0.39 is 20.4 Å². The lowest BCUT2D eigenvalue weighted by Gasteiger charge is -2.39. The summed E-state index contributed by atoms with van der Waals surface area (Å²) in [4.78, 5) is 2.26. The van der Waals surface area contributed by atoms with Gasteiger partial charge in [-0.3, -0.25) is 0 Å². The van der Waals surface area contributed by atoms with Gasteiger partial charge in [0, 0.05) is 14.7 Å². The molecule has 0 N–H and O–H groups in total. The first kappa shape index (κ1) is 26.1. The second-order valence-corrected chi connectivity index (χ2v) is 14.5. The van der Waals surface area contributed by atoms with Crippen LogP contribution >= 0.6 is 10.3 Å². The van der Waals surface area contributed by atoms with E-state index >= 15 is 0 Å². The van der Waals surface area contributed by atoms with Crippen LogP contribution in [0, 0.1) is 0 Å². The van der Waals surface area contributed by atoms with Gasteiger partial charge in [-0.05, 0) is 113 Å². The van der Waals surface area contributed by atoms with E-state index in [1.54, 1.807) is 0 Å². The van der Waals surface area contributed by atoms with Gasteiger partial charge >= 0.3 is 0 Å². The zero-order valence-electron chi connectivity index (χ0n) is 20.9. The normalized spacial score (nSPS) is 13.4. The van der Waals surface area contributed by atoms with E-state index in [9.17, 15) is 8.42 Å². The molecule has 0 aromatic heterocycles. The molecule has 0 heterocycles. The molecule has 0 bridgehead atoms. The smallest absolute Gasteiger partial charge is 0.274 e. The number of ether oxygens (including phenoxy) is 2. The van der Waals surface area contributed by atoms with Gasteiger partial charge in [-0.15, -0.1) is 0 Å². The molecule has 3 aromatic rings. The van der Waals surface area contributed by atoms with Crippen LogP contribution in [-0.4, -0.2) is 25.9 Å². The molecule has 0 aliphatic heterocycles. The van der Waals surface area contributed by atoms with Crippen molar-refractivity contribution in [3.8, 4) is 11.5 Å². The van der Waals surface area contributed by atoms with Gasteiger partial charge < -0.3 is 9.47 Å². The van der Waals surface area contributed by atoms with Gasteiger partial charge in [0.15, 0.2) is 0 Å². The molecule has 0 fully saturated rings. The van der Waals surface area contributed by atoms with E-state index in [1.807, 2.05) is 120 Å². The minimum Gasteiger partial charge on any atom is -0.488 e. The molecule has 3 rings (SSSR count). The Morgan fingerprint density at radius 2 is 0.912 bits per heavy atom. The van der Waals surface area contributed by atoms with E-state index in [2.05, 4.69) is 0 Å². The maximum absolute atomic E-state index is 12.6. The molecule has 5 nitrogen and oxygen atoms in total. The van der Waals surface area contributed by atoms with Crippen molar-refractivity contribution in [2.75, 3.05) is 6.26 Å². The Labute approximate surface area is 205 Å². The average molecular weight is 503 g/mol. The van der Waals surface area contributed by atoms with Crippen LogP contribution in [0.3, 0.4) is 0 Å². The zero-order valence-corrected chi connectivity index (χ0v) is 22.5. The van der Waals surface area contributed by atoms with Gasteiger partial charge in [-0.25, -0.2) is 3.63 Å². The highest BCUT2D eigenvalue weighted by molar-refractivity contribution is 8.33. The Kier molecular flexibility index (Phi) is 7.41. The highest BCUT2D eigenvalue weighted by atomic mass is 32.3. The second-order valence-electron chi connectivity index (χ2n) is 10.0. The van der Waals surface area contributed by atoms with Crippen molar-refractivity contribution >= 4 is 20.4 Å². The number of hydrogen-bond acceptors (Lipinski definition) is 5. The standard InChI is InChI=1S/C27H34O5S2/c1-26(2,3)30-21-13-17-24(18-14-21)34(32-33(7,28)29,23-11-9-8-10-12-23)25-19-15-22(16-20-25)31-27(4,5)6/h8-20H,1-7H3.